The fourth-order valence-electron chi connectivity index (χ4n) is 2.17. The molecule has 1 aromatic heterocycles. The van der Waals surface area contributed by atoms with Crippen molar-refractivity contribution in [2.45, 2.75) is 43.7 Å². The van der Waals surface area contributed by atoms with E-state index in [1.165, 1.54) is 24.3 Å². The van der Waals surface area contributed by atoms with Crippen LogP contribution in [0.3, 0.4) is 0 Å². The molecule has 0 saturated heterocycles. The van der Waals surface area contributed by atoms with Crippen LogP contribution in [0.1, 0.15) is 47.8 Å². The molecule has 1 aromatic carbocycles. The third kappa shape index (κ3) is 3.80. The minimum Gasteiger partial charge on any atom is -0.342 e. The molecule has 3 rings (SSSR count). The Morgan fingerprint density at radius 2 is 1.96 bits per heavy atom. The van der Waals surface area contributed by atoms with Gasteiger partial charge in [-0.25, -0.2) is 18.1 Å². The van der Waals surface area contributed by atoms with Crippen LogP contribution >= 0.6 is 0 Å². The summed E-state index contributed by atoms with van der Waals surface area (Å²) in [6, 6.07) is 5.54. The van der Waals surface area contributed by atoms with Gasteiger partial charge < -0.3 is 5.32 Å². The first-order chi connectivity index (χ1) is 11.3. The van der Waals surface area contributed by atoms with Gasteiger partial charge >= 0.3 is 0 Å². The highest BCUT2D eigenvalue weighted by Gasteiger charge is 2.28. The van der Waals surface area contributed by atoms with E-state index in [0.29, 0.717) is 17.2 Å². The van der Waals surface area contributed by atoms with E-state index in [9.17, 15) is 13.2 Å². The molecule has 24 heavy (non-hydrogen) atoms. The lowest BCUT2D eigenvalue weighted by Crippen LogP contribution is -2.28. The number of benzene rings is 1. The number of sulfonamides is 1. The second-order valence-corrected chi connectivity index (χ2v) is 7.61. The number of rotatable bonds is 6. The van der Waals surface area contributed by atoms with Gasteiger partial charge in [-0.15, -0.1) is 0 Å². The van der Waals surface area contributed by atoms with Gasteiger partial charge in [-0.3, -0.25) is 9.89 Å². The van der Waals surface area contributed by atoms with Gasteiger partial charge in [0, 0.05) is 11.6 Å². The van der Waals surface area contributed by atoms with Crippen molar-refractivity contribution in [1.82, 2.24) is 25.2 Å². The first-order valence-electron chi connectivity index (χ1n) is 7.67. The number of aromatic nitrogens is 3. The molecule has 1 fully saturated rings. The maximum absolute atomic E-state index is 12.2. The molecular weight excluding hydrogens is 330 g/mol. The maximum Gasteiger partial charge on any atom is 0.251 e. The number of hydrogen-bond donors (Lipinski definition) is 3. The number of aromatic amines is 1. The second-order valence-electron chi connectivity index (χ2n) is 5.89. The number of carbonyl (C=O) groups excluding carboxylic acids is 1. The topological polar surface area (TPSA) is 117 Å². The van der Waals surface area contributed by atoms with Gasteiger partial charge in [-0.2, -0.15) is 5.10 Å². The van der Waals surface area contributed by atoms with E-state index < -0.39 is 10.0 Å². The fourth-order valence-corrected chi connectivity index (χ4v) is 3.48. The van der Waals surface area contributed by atoms with Gasteiger partial charge in [0.05, 0.1) is 10.9 Å². The van der Waals surface area contributed by atoms with Gasteiger partial charge in [0.1, 0.15) is 5.82 Å². The number of nitrogens with zero attached hydrogens (tertiary/aromatic N) is 2. The first kappa shape index (κ1) is 16.6. The molecule has 0 unspecified atom stereocenters. The Hall–Kier alpha value is -2.26. The van der Waals surface area contributed by atoms with Gasteiger partial charge in [0.15, 0.2) is 5.82 Å². The van der Waals surface area contributed by atoms with Gasteiger partial charge in [-0.1, -0.05) is 0 Å². The minimum absolute atomic E-state index is 0.0450. The van der Waals surface area contributed by atoms with Crippen molar-refractivity contribution in [1.29, 1.82) is 0 Å². The number of aryl methyl sites for hydroxylation is 1. The van der Waals surface area contributed by atoms with Gasteiger partial charge in [0.2, 0.25) is 10.0 Å². The van der Waals surface area contributed by atoms with Crippen LogP contribution in [-0.4, -0.2) is 35.5 Å². The predicted molar refractivity (Wildman–Crippen MR) is 86.8 cm³/mol. The largest absolute Gasteiger partial charge is 0.342 e. The molecule has 2 aromatic rings. The Morgan fingerprint density at radius 3 is 2.50 bits per heavy atom. The quantitative estimate of drug-likeness (QED) is 0.720. The van der Waals surface area contributed by atoms with Crippen LogP contribution in [0.4, 0.5) is 0 Å². The van der Waals surface area contributed by atoms with E-state index in [1.807, 2.05) is 0 Å². The van der Waals surface area contributed by atoms with Crippen molar-refractivity contribution in [3.05, 3.63) is 41.5 Å². The highest BCUT2D eigenvalue weighted by atomic mass is 32.2. The third-order valence-electron chi connectivity index (χ3n) is 3.68. The molecule has 0 bridgehead atoms. The molecule has 1 atom stereocenters. The van der Waals surface area contributed by atoms with Crippen LogP contribution in [0, 0.1) is 6.92 Å². The molecule has 1 saturated carbocycles. The summed E-state index contributed by atoms with van der Waals surface area (Å²) in [6.45, 7) is 3.55. The van der Waals surface area contributed by atoms with E-state index in [2.05, 4.69) is 25.2 Å². The Balaban J connectivity index is 1.67. The van der Waals surface area contributed by atoms with Crippen molar-refractivity contribution >= 4 is 15.9 Å². The molecule has 1 amide bonds. The van der Waals surface area contributed by atoms with Crippen LogP contribution in [0.15, 0.2) is 29.2 Å². The Bertz CT molecular complexity index is 840. The molecule has 3 N–H and O–H groups in total. The van der Waals surface area contributed by atoms with Crippen molar-refractivity contribution in [3.63, 3.8) is 0 Å². The SMILES string of the molecule is Cc1nc([C@@H](C)NC(=O)c2ccc(S(=O)(=O)NC3CC3)cc2)n[nH]1. The van der Waals surface area contributed by atoms with Gasteiger partial charge in [-0.05, 0) is 51.0 Å². The van der Waals surface area contributed by atoms with Crippen LogP contribution in [0.5, 0.6) is 0 Å². The summed E-state index contributed by atoms with van der Waals surface area (Å²) in [5.41, 5.74) is 0.375. The summed E-state index contributed by atoms with van der Waals surface area (Å²) < 4.78 is 26.8. The van der Waals surface area contributed by atoms with Crippen molar-refractivity contribution < 1.29 is 13.2 Å². The summed E-state index contributed by atoms with van der Waals surface area (Å²) in [5, 5.41) is 9.50. The molecule has 0 spiro atoms. The molecule has 0 radical (unpaired) electrons. The standard InChI is InChI=1S/C15H19N5O3S/c1-9(14-17-10(2)18-19-14)16-15(21)11-3-7-13(8-4-11)24(22,23)20-12-5-6-12/h3-4,7-9,12,20H,5-6H2,1-2H3,(H,16,21)(H,17,18,19)/t9-/m1/s1. The normalized spacial score (nSPS) is 15.9. The van der Waals surface area contributed by atoms with E-state index in [-0.39, 0.29) is 22.9 Å². The van der Waals surface area contributed by atoms with Crippen molar-refractivity contribution in [3.8, 4) is 0 Å². The van der Waals surface area contributed by atoms with Crippen LogP contribution in [0.25, 0.3) is 0 Å². The zero-order valence-electron chi connectivity index (χ0n) is 13.4. The minimum atomic E-state index is -3.51. The summed E-state index contributed by atoms with van der Waals surface area (Å²) >= 11 is 0. The van der Waals surface area contributed by atoms with E-state index >= 15 is 0 Å². The summed E-state index contributed by atoms with van der Waals surface area (Å²) in [6.07, 6.45) is 1.75. The van der Waals surface area contributed by atoms with Crippen LogP contribution in [-0.2, 0) is 10.0 Å². The van der Waals surface area contributed by atoms with Crippen LogP contribution in [0.2, 0.25) is 0 Å². The number of hydrogen-bond acceptors (Lipinski definition) is 5. The first-order valence-corrected chi connectivity index (χ1v) is 9.15. The van der Waals surface area contributed by atoms with E-state index in [1.54, 1.807) is 13.8 Å². The Morgan fingerprint density at radius 1 is 1.29 bits per heavy atom. The van der Waals surface area contributed by atoms with E-state index in [4.69, 9.17) is 0 Å². The molecule has 8 nitrogen and oxygen atoms in total. The zero-order valence-corrected chi connectivity index (χ0v) is 14.2. The number of amides is 1. The molecule has 0 aliphatic heterocycles. The molecule has 9 heteroatoms. The highest BCUT2D eigenvalue weighted by molar-refractivity contribution is 7.89. The van der Waals surface area contributed by atoms with Crippen molar-refractivity contribution in [2.75, 3.05) is 0 Å². The van der Waals surface area contributed by atoms with Crippen LogP contribution < -0.4 is 10.0 Å². The highest BCUT2D eigenvalue weighted by Crippen LogP contribution is 2.22. The van der Waals surface area contributed by atoms with Gasteiger partial charge in [0.25, 0.3) is 5.91 Å². The predicted octanol–water partition coefficient (Wildman–Crippen LogP) is 1.04. The molecular formula is C15H19N5O3S. The number of carbonyl (C=O) groups is 1. The smallest absolute Gasteiger partial charge is 0.251 e. The monoisotopic (exact) mass is 349 g/mol. The maximum atomic E-state index is 12.2. The molecule has 128 valence electrons. The number of H-pyrrole nitrogens is 1. The molecule has 1 aliphatic rings. The lowest BCUT2D eigenvalue weighted by atomic mass is 10.2. The fraction of sp³-hybridized carbons (Fsp3) is 0.400. The average Bonchev–Trinajstić information content (AvgIpc) is 3.23. The van der Waals surface area contributed by atoms with E-state index in [0.717, 1.165) is 12.8 Å². The summed E-state index contributed by atoms with van der Waals surface area (Å²) in [4.78, 5) is 16.6. The Kier molecular flexibility index (Phi) is 4.37. The summed E-state index contributed by atoms with van der Waals surface area (Å²) in [5.74, 6) is 0.849. The lowest BCUT2D eigenvalue weighted by molar-refractivity contribution is 0.0938. The molecule has 1 aliphatic carbocycles. The van der Waals surface area contributed by atoms with Crippen molar-refractivity contribution in [2.24, 2.45) is 0 Å². The number of nitrogens with one attached hydrogen (secondary N) is 3. The Labute approximate surface area is 140 Å². The average molecular weight is 349 g/mol. The molecule has 1 heterocycles. The second kappa shape index (κ2) is 6.33. The lowest BCUT2D eigenvalue weighted by Gasteiger charge is -2.11. The summed E-state index contributed by atoms with van der Waals surface area (Å²) in [7, 11) is -3.51. The third-order valence-corrected chi connectivity index (χ3v) is 5.21. The zero-order chi connectivity index (χ0) is 17.3.